The zero-order chi connectivity index (χ0) is 16.7. The third-order valence-electron chi connectivity index (χ3n) is 4.38. The molecule has 0 fully saturated rings. The molecule has 0 aliphatic heterocycles. The van der Waals surface area contributed by atoms with E-state index in [4.69, 9.17) is 0 Å². The van der Waals surface area contributed by atoms with Crippen LogP contribution in [0.4, 0.5) is 0 Å². The smallest absolute Gasteiger partial charge is 0.170 e. The van der Waals surface area contributed by atoms with E-state index in [9.17, 15) is 9.90 Å². The number of aldehydes is 1. The average molecular weight is 316 g/mol. The minimum Gasteiger partial charge on any atom is -0.505 e. The Labute approximate surface area is 138 Å². The molecule has 0 bridgehead atoms. The van der Waals surface area contributed by atoms with Crippen molar-refractivity contribution in [2.45, 2.75) is 13.3 Å². The van der Waals surface area contributed by atoms with Gasteiger partial charge in [-0.25, -0.2) is 4.98 Å². The minimum absolute atomic E-state index is 0.0443. The van der Waals surface area contributed by atoms with Gasteiger partial charge < -0.3 is 10.1 Å². The molecule has 0 amide bonds. The second-order valence-corrected chi connectivity index (χ2v) is 5.80. The maximum Gasteiger partial charge on any atom is 0.170 e. The summed E-state index contributed by atoms with van der Waals surface area (Å²) in [5.74, 6) is -0.0443. The number of H-pyrrole nitrogens is 1. The van der Waals surface area contributed by atoms with Gasteiger partial charge >= 0.3 is 0 Å². The number of hydrogen-bond donors (Lipinski definition) is 2. The Morgan fingerprint density at radius 1 is 1.12 bits per heavy atom. The van der Waals surface area contributed by atoms with Gasteiger partial charge in [-0.1, -0.05) is 43.3 Å². The normalized spacial score (nSPS) is 11.2. The molecule has 0 saturated heterocycles. The van der Waals surface area contributed by atoms with Crippen LogP contribution in [0, 0.1) is 0 Å². The van der Waals surface area contributed by atoms with Gasteiger partial charge in [0, 0.05) is 5.56 Å². The van der Waals surface area contributed by atoms with Crippen LogP contribution in [0.3, 0.4) is 0 Å². The highest BCUT2D eigenvalue weighted by molar-refractivity contribution is 5.96. The van der Waals surface area contributed by atoms with E-state index in [1.54, 1.807) is 0 Å². The van der Waals surface area contributed by atoms with Crippen molar-refractivity contribution in [1.29, 1.82) is 0 Å². The van der Waals surface area contributed by atoms with Crippen LogP contribution < -0.4 is 0 Å². The molecule has 0 aliphatic rings. The van der Waals surface area contributed by atoms with Gasteiger partial charge in [-0.2, -0.15) is 0 Å². The summed E-state index contributed by atoms with van der Waals surface area (Å²) in [5, 5.41) is 13.1. The molecule has 2 aromatic heterocycles. The lowest BCUT2D eigenvalue weighted by Crippen LogP contribution is -1.93. The molecule has 0 unspecified atom stereocenters. The third kappa shape index (κ3) is 2.15. The first-order valence-corrected chi connectivity index (χ1v) is 7.90. The van der Waals surface area contributed by atoms with Crippen LogP contribution in [0.5, 0.6) is 5.75 Å². The van der Waals surface area contributed by atoms with E-state index in [0.29, 0.717) is 17.3 Å². The number of aromatic amines is 1. The van der Waals surface area contributed by atoms with Gasteiger partial charge in [-0.15, -0.1) is 0 Å². The highest BCUT2D eigenvalue weighted by atomic mass is 16.3. The Morgan fingerprint density at radius 2 is 1.92 bits per heavy atom. The number of pyridine rings is 1. The minimum atomic E-state index is -0.0443. The summed E-state index contributed by atoms with van der Waals surface area (Å²) in [5.41, 5.74) is 3.65. The fraction of sp³-hybridized carbons (Fsp3) is 0.100. The van der Waals surface area contributed by atoms with Crippen LogP contribution >= 0.6 is 0 Å². The van der Waals surface area contributed by atoms with Crippen molar-refractivity contribution < 1.29 is 9.90 Å². The van der Waals surface area contributed by atoms with E-state index in [-0.39, 0.29) is 11.4 Å². The van der Waals surface area contributed by atoms with Gasteiger partial charge in [0.2, 0.25) is 0 Å². The average Bonchev–Trinajstić information content (AvgIpc) is 2.95. The number of carbonyl (C=O) groups excluding carboxylic acids is 1. The molecule has 24 heavy (non-hydrogen) atoms. The highest BCUT2D eigenvalue weighted by Gasteiger charge is 2.15. The third-order valence-corrected chi connectivity index (χ3v) is 4.38. The summed E-state index contributed by atoms with van der Waals surface area (Å²) in [6, 6.07) is 16.4. The van der Waals surface area contributed by atoms with Crippen molar-refractivity contribution in [3.8, 4) is 16.9 Å². The molecule has 2 N–H and O–H groups in total. The molecular weight excluding hydrogens is 300 g/mol. The van der Waals surface area contributed by atoms with Crippen LogP contribution in [0.2, 0.25) is 0 Å². The van der Waals surface area contributed by atoms with Crippen molar-refractivity contribution in [1.82, 2.24) is 9.97 Å². The zero-order valence-electron chi connectivity index (χ0n) is 13.2. The summed E-state index contributed by atoms with van der Waals surface area (Å²) in [7, 11) is 0. The molecule has 4 heteroatoms. The molecule has 2 heterocycles. The van der Waals surface area contributed by atoms with Crippen molar-refractivity contribution in [3.63, 3.8) is 0 Å². The number of rotatable bonds is 3. The Morgan fingerprint density at radius 3 is 2.67 bits per heavy atom. The number of nitrogens with zero attached hydrogens (tertiary/aromatic N) is 1. The van der Waals surface area contributed by atoms with Crippen LogP contribution in [-0.4, -0.2) is 21.4 Å². The molecule has 118 valence electrons. The molecule has 0 saturated carbocycles. The molecule has 4 aromatic rings. The SMILES string of the molecule is CCc1nc2[nH]c(C=O)c(O)c2cc1-c1ccc2ccccc2c1. The second-order valence-electron chi connectivity index (χ2n) is 5.80. The first-order chi connectivity index (χ1) is 11.7. The molecule has 0 aliphatic carbocycles. The lowest BCUT2D eigenvalue weighted by molar-refractivity contribution is 0.111. The number of aromatic hydroxyl groups is 1. The van der Waals surface area contributed by atoms with Gasteiger partial charge in [0.25, 0.3) is 0 Å². The summed E-state index contributed by atoms with van der Waals surface area (Å²) in [6.07, 6.45) is 1.37. The molecule has 4 nitrogen and oxygen atoms in total. The molecule has 2 aromatic carbocycles. The molecule has 0 radical (unpaired) electrons. The van der Waals surface area contributed by atoms with Crippen LogP contribution in [-0.2, 0) is 6.42 Å². The van der Waals surface area contributed by atoms with Gasteiger partial charge in [0.05, 0.1) is 11.1 Å². The van der Waals surface area contributed by atoms with E-state index in [0.717, 1.165) is 28.6 Å². The predicted octanol–water partition coefficient (Wildman–Crippen LogP) is 4.46. The fourth-order valence-electron chi connectivity index (χ4n) is 3.12. The first kappa shape index (κ1) is 14.5. The predicted molar refractivity (Wildman–Crippen MR) is 95.5 cm³/mol. The lowest BCUT2D eigenvalue weighted by atomic mass is 9.98. The Kier molecular flexibility index (Phi) is 3.31. The summed E-state index contributed by atoms with van der Waals surface area (Å²) in [4.78, 5) is 18.5. The van der Waals surface area contributed by atoms with E-state index in [2.05, 4.69) is 40.3 Å². The van der Waals surface area contributed by atoms with Gasteiger partial charge in [0.15, 0.2) is 12.0 Å². The number of aromatic nitrogens is 2. The van der Waals surface area contributed by atoms with Crippen LogP contribution in [0.25, 0.3) is 32.9 Å². The summed E-state index contributed by atoms with van der Waals surface area (Å²) < 4.78 is 0. The van der Waals surface area contributed by atoms with E-state index < -0.39 is 0 Å². The number of benzene rings is 2. The summed E-state index contributed by atoms with van der Waals surface area (Å²) in [6.45, 7) is 2.04. The summed E-state index contributed by atoms with van der Waals surface area (Å²) >= 11 is 0. The molecule has 4 rings (SSSR count). The van der Waals surface area contributed by atoms with E-state index >= 15 is 0 Å². The Bertz CT molecular complexity index is 1080. The first-order valence-electron chi connectivity index (χ1n) is 7.90. The molecule has 0 atom stereocenters. The van der Waals surface area contributed by atoms with E-state index in [1.807, 2.05) is 25.1 Å². The van der Waals surface area contributed by atoms with Crippen LogP contribution in [0.15, 0.2) is 48.5 Å². The quantitative estimate of drug-likeness (QED) is 0.548. The van der Waals surface area contributed by atoms with Crippen molar-refractivity contribution in [2.24, 2.45) is 0 Å². The topological polar surface area (TPSA) is 66.0 Å². The lowest BCUT2D eigenvalue weighted by Gasteiger charge is -2.09. The Hall–Kier alpha value is -3.14. The van der Waals surface area contributed by atoms with Gasteiger partial charge in [-0.3, -0.25) is 4.79 Å². The monoisotopic (exact) mass is 316 g/mol. The highest BCUT2D eigenvalue weighted by Crippen LogP contribution is 2.34. The number of carbonyl (C=O) groups is 1. The van der Waals surface area contributed by atoms with E-state index in [1.165, 1.54) is 5.39 Å². The number of aryl methyl sites for hydroxylation is 1. The van der Waals surface area contributed by atoms with Gasteiger partial charge in [-0.05, 0) is 34.9 Å². The largest absolute Gasteiger partial charge is 0.505 e. The standard InChI is InChI=1S/C20H16N2O2/c1-2-17-15(10-16-19(24)18(11-23)22-20(16)21-17)14-8-7-12-5-3-4-6-13(12)9-14/h3-11,24H,2H2,1H3,(H,21,22). The number of nitrogens with one attached hydrogen (secondary N) is 1. The molecule has 0 spiro atoms. The fourth-order valence-corrected chi connectivity index (χ4v) is 3.12. The van der Waals surface area contributed by atoms with Crippen LogP contribution in [0.1, 0.15) is 23.1 Å². The molecular formula is C20H16N2O2. The van der Waals surface area contributed by atoms with Crippen molar-refractivity contribution in [2.75, 3.05) is 0 Å². The maximum atomic E-state index is 11.0. The Balaban J connectivity index is 1.99. The number of hydrogen-bond acceptors (Lipinski definition) is 3. The number of fused-ring (bicyclic) bond motifs is 2. The zero-order valence-corrected chi connectivity index (χ0v) is 13.2. The van der Waals surface area contributed by atoms with Crippen molar-refractivity contribution >= 4 is 28.1 Å². The van der Waals surface area contributed by atoms with Gasteiger partial charge in [0.1, 0.15) is 11.3 Å². The maximum absolute atomic E-state index is 11.0. The second kappa shape index (κ2) is 5.49. The van der Waals surface area contributed by atoms with Crippen molar-refractivity contribution in [3.05, 3.63) is 59.9 Å².